The largest absolute Gasteiger partial charge is 0.324 e. The minimum Gasteiger partial charge on any atom is -0.324 e. The van der Waals surface area contributed by atoms with Crippen LogP contribution in [0.3, 0.4) is 0 Å². The van der Waals surface area contributed by atoms with Gasteiger partial charge in [-0.15, -0.1) is 0 Å². The number of nitrogens with zero attached hydrogens (tertiary/aromatic N) is 1. The minimum atomic E-state index is 0.000278. The Balaban J connectivity index is 2.02. The highest BCUT2D eigenvalue weighted by atomic mass is 79.9. The molecule has 1 aliphatic heterocycles. The number of hydrogen-bond donors (Lipinski definition) is 1. The Morgan fingerprint density at radius 2 is 1.89 bits per heavy atom. The van der Waals surface area contributed by atoms with Crippen molar-refractivity contribution in [2.75, 3.05) is 18.4 Å². The van der Waals surface area contributed by atoms with E-state index in [1.165, 1.54) is 6.42 Å². The molecule has 18 heavy (non-hydrogen) atoms. The van der Waals surface area contributed by atoms with Crippen LogP contribution in [-0.4, -0.2) is 24.0 Å². The van der Waals surface area contributed by atoms with Crippen LogP contribution < -0.4 is 5.32 Å². The van der Waals surface area contributed by atoms with E-state index >= 15 is 0 Å². The molecule has 2 atom stereocenters. The number of hydrogen-bond acceptors (Lipinski definition) is 1. The zero-order chi connectivity index (χ0) is 13.1. The van der Waals surface area contributed by atoms with Gasteiger partial charge in [-0.05, 0) is 46.3 Å². The van der Waals surface area contributed by atoms with Gasteiger partial charge in [-0.1, -0.05) is 26.0 Å². The summed E-state index contributed by atoms with van der Waals surface area (Å²) in [7, 11) is 0. The average molecular weight is 311 g/mol. The summed E-state index contributed by atoms with van der Waals surface area (Å²) in [4.78, 5) is 14.1. The lowest BCUT2D eigenvalue weighted by molar-refractivity contribution is 0.156. The van der Waals surface area contributed by atoms with Crippen molar-refractivity contribution in [3.05, 3.63) is 28.7 Å². The lowest BCUT2D eigenvalue weighted by Crippen LogP contribution is -2.44. The van der Waals surface area contributed by atoms with Crippen LogP contribution in [0.25, 0.3) is 0 Å². The number of carbonyl (C=O) groups is 1. The third-order valence-electron chi connectivity index (χ3n) is 3.27. The van der Waals surface area contributed by atoms with Gasteiger partial charge in [0, 0.05) is 17.6 Å². The molecule has 0 spiro atoms. The van der Waals surface area contributed by atoms with E-state index in [0.717, 1.165) is 23.2 Å². The van der Waals surface area contributed by atoms with Gasteiger partial charge < -0.3 is 10.2 Å². The van der Waals surface area contributed by atoms with Crippen molar-refractivity contribution in [2.24, 2.45) is 11.8 Å². The quantitative estimate of drug-likeness (QED) is 0.836. The summed E-state index contributed by atoms with van der Waals surface area (Å²) in [5.74, 6) is 1.16. The number of anilines is 1. The number of halogens is 1. The zero-order valence-corrected chi connectivity index (χ0v) is 12.4. The van der Waals surface area contributed by atoms with Gasteiger partial charge >= 0.3 is 6.03 Å². The van der Waals surface area contributed by atoms with Crippen molar-refractivity contribution in [3.63, 3.8) is 0 Å². The van der Waals surface area contributed by atoms with Crippen LogP contribution in [0.15, 0.2) is 28.7 Å². The van der Waals surface area contributed by atoms with Gasteiger partial charge in [-0.2, -0.15) is 0 Å². The van der Waals surface area contributed by atoms with Crippen LogP contribution in [0.2, 0.25) is 0 Å². The van der Waals surface area contributed by atoms with Crippen LogP contribution in [0.1, 0.15) is 20.3 Å². The molecule has 4 heteroatoms. The van der Waals surface area contributed by atoms with E-state index in [0.29, 0.717) is 11.8 Å². The summed E-state index contributed by atoms with van der Waals surface area (Å²) in [5, 5.41) is 2.96. The summed E-state index contributed by atoms with van der Waals surface area (Å²) in [6.07, 6.45) is 1.21. The van der Waals surface area contributed by atoms with E-state index in [-0.39, 0.29) is 6.03 Å². The molecule has 2 amide bonds. The average Bonchev–Trinajstić information content (AvgIpc) is 2.31. The highest BCUT2D eigenvalue weighted by Gasteiger charge is 2.25. The third kappa shape index (κ3) is 3.25. The molecule has 1 aromatic carbocycles. The fourth-order valence-corrected chi connectivity index (χ4v) is 2.97. The topological polar surface area (TPSA) is 32.3 Å². The van der Waals surface area contributed by atoms with Crippen molar-refractivity contribution < 1.29 is 4.79 Å². The van der Waals surface area contributed by atoms with E-state index < -0.39 is 0 Å². The lowest BCUT2D eigenvalue weighted by atomic mass is 9.92. The first-order valence-corrected chi connectivity index (χ1v) is 7.16. The first kappa shape index (κ1) is 13.4. The molecule has 1 heterocycles. The lowest BCUT2D eigenvalue weighted by Gasteiger charge is -2.35. The number of urea groups is 1. The van der Waals surface area contributed by atoms with E-state index in [2.05, 4.69) is 35.1 Å². The summed E-state index contributed by atoms with van der Waals surface area (Å²) < 4.78 is 0.913. The number of para-hydroxylation sites is 1. The Bertz CT molecular complexity index is 426. The number of amides is 2. The molecule has 1 fully saturated rings. The van der Waals surface area contributed by atoms with Gasteiger partial charge in [0.1, 0.15) is 0 Å². The van der Waals surface area contributed by atoms with Crippen LogP contribution >= 0.6 is 15.9 Å². The standard InChI is InChI=1S/C14H19BrN2O/c1-10-7-11(2)9-17(8-10)14(18)16-13-6-4-3-5-12(13)15/h3-6,10-11H,7-9H2,1-2H3,(H,16,18). The van der Waals surface area contributed by atoms with Gasteiger partial charge in [-0.25, -0.2) is 4.79 Å². The fourth-order valence-electron chi connectivity index (χ4n) is 2.59. The zero-order valence-electron chi connectivity index (χ0n) is 10.8. The van der Waals surface area contributed by atoms with E-state index in [9.17, 15) is 4.79 Å². The van der Waals surface area contributed by atoms with Crippen LogP contribution in [0.4, 0.5) is 10.5 Å². The van der Waals surface area contributed by atoms with Gasteiger partial charge in [-0.3, -0.25) is 0 Å². The molecule has 0 aromatic heterocycles. The number of piperidine rings is 1. The third-order valence-corrected chi connectivity index (χ3v) is 3.96. The summed E-state index contributed by atoms with van der Waals surface area (Å²) in [6, 6.07) is 7.68. The molecule has 2 rings (SSSR count). The number of likely N-dealkylation sites (tertiary alicyclic amines) is 1. The summed E-state index contributed by atoms with van der Waals surface area (Å²) in [6.45, 7) is 6.10. The van der Waals surface area contributed by atoms with Crippen molar-refractivity contribution in [1.29, 1.82) is 0 Å². The number of carbonyl (C=O) groups excluding carboxylic acids is 1. The molecule has 3 nitrogen and oxygen atoms in total. The molecule has 2 unspecified atom stereocenters. The van der Waals surface area contributed by atoms with E-state index in [1.807, 2.05) is 29.2 Å². The van der Waals surface area contributed by atoms with Gasteiger partial charge in [0.05, 0.1) is 5.69 Å². The second kappa shape index (κ2) is 5.74. The molecule has 0 aliphatic carbocycles. The molecule has 1 saturated heterocycles. The Kier molecular flexibility index (Phi) is 4.27. The van der Waals surface area contributed by atoms with Gasteiger partial charge in [0.15, 0.2) is 0 Å². The predicted molar refractivity (Wildman–Crippen MR) is 77.7 cm³/mol. The summed E-state index contributed by atoms with van der Waals surface area (Å²) >= 11 is 3.44. The van der Waals surface area contributed by atoms with Crippen molar-refractivity contribution in [3.8, 4) is 0 Å². The Hall–Kier alpha value is -1.03. The molecule has 0 saturated carbocycles. The molecule has 1 aromatic rings. The molecule has 0 radical (unpaired) electrons. The second-order valence-corrected chi connectivity index (χ2v) is 6.12. The van der Waals surface area contributed by atoms with E-state index in [1.54, 1.807) is 0 Å². The SMILES string of the molecule is CC1CC(C)CN(C(=O)Nc2ccccc2Br)C1. The van der Waals surface area contributed by atoms with Crippen LogP contribution in [0, 0.1) is 11.8 Å². The molecule has 0 bridgehead atoms. The number of benzene rings is 1. The Morgan fingerprint density at radius 3 is 2.50 bits per heavy atom. The maximum Gasteiger partial charge on any atom is 0.321 e. The summed E-state index contributed by atoms with van der Waals surface area (Å²) in [5.41, 5.74) is 0.827. The first-order chi connectivity index (χ1) is 8.56. The first-order valence-electron chi connectivity index (χ1n) is 6.36. The van der Waals surface area contributed by atoms with E-state index in [4.69, 9.17) is 0 Å². The Morgan fingerprint density at radius 1 is 1.28 bits per heavy atom. The minimum absolute atomic E-state index is 0.000278. The molecule has 1 aliphatic rings. The van der Waals surface area contributed by atoms with Crippen molar-refractivity contribution >= 4 is 27.6 Å². The highest BCUT2D eigenvalue weighted by Crippen LogP contribution is 2.24. The van der Waals surface area contributed by atoms with Crippen LogP contribution in [-0.2, 0) is 0 Å². The van der Waals surface area contributed by atoms with Gasteiger partial charge in [0.25, 0.3) is 0 Å². The van der Waals surface area contributed by atoms with Crippen molar-refractivity contribution in [1.82, 2.24) is 4.90 Å². The normalized spacial score (nSPS) is 23.8. The fraction of sp³-hybridized carbons (Fsp3) is 0.500. The maximum atomic E-state index is 12.2. The number of nitrogens with one attached hydrogen (secondary N) is 1. The maximum absolute atomic E-state index is 12.2. The highest BCUT2D eigenvalue weighted by molar-refractivity contribution is 9.10. The molecule has 1 N–H and O–H groups in total. The van der Waals surface area contributed by atoms with Gasteiger partial charge in [0.2, 0.25) is 0 Å². The second-order valence-electron chi connectivity index (χ2n) is 5.26. The number of rotatable bonds is 1. The molecular formula is C14H19BrN2O. The molecular weight excluding hydrogens is 292 g/mol. The van der Waals surface area contributed by atoms with Crippen molar-refractivity contribution in [2.45, 2.75) is 20.3 Å². The van der Waals surface area contributed by atoms with Crippen LogP contribution in [0.5, 0.6) is 0 Å². The monoisotopic (exact) mass is 310 g/mol. The predicted octanol–water partition coefficient (Wildman–Crippen LogP) is 3.96. The Labute approximate surface area is 117 Å². The smallest absolute Gasteiger partial charge is 0.321 e. The molecule has 98 valence electrons.